The van der Waals surface area contributed by atoms with Crippen LogP contribution in [0, 0.1) is 50.2 Å². The normalized spacial score (nSPS) is 41.0. The van der Waals surface area contributed by atoms with Crippen LogP contribution in [0.25, 0.3) is 0 Å². The molecule has 0 spiro atoms. The quantitative estimate of drug-likeness (QED) is 0.203. The summed E-state index contributed by atoms with van der Waals surface area (Å²) in [5, 5.41) is 13.6. The van der Waals surface area contributed by atoms with Gasteiger partial charge in [-0.2, -0.15) is 0 Å². The van der Waals surface area contributed by atoms with Crippen molar-refractivity contribution in [3.8, 4) is 0 Å². The summed E-state index contributed by atoms with van der Waals surface area (Å²) in [6.45, 7) is 16.2. The van der Waals surface area contributed by atoms with E-state index in [2.05, 4.69) is 59.7 Å². The number of esters is 1. The highest BCUT2D eigenvalue weighted by Gasteiger charge is 2.70. The Bertz CT molecular complexity index is 1620. The molecule has 2 aromatic carbocycles. The van der Waals surface area contributed by atoms with Gasteiger partial charge in [0.05, 0.1) is 11.1 Å². The average Bonchev–Trinajstić information content (AvgIpc) is 3.06. The van der Waals surface area contributed by atoms with Crippen LogP contribution in [0.3, 0.4) is 0 Å². The Morgan fingerprint density at radius 1 is 0.833 bits per heavy atom. The minimum Gasteiger partial charge on any atom is -0.452 e. The fraction of sp³-hybridized carbons (Fsp3) is 0.605. The van der Waals surface area contributed by atoms with Gasteiger partial charge < -0.3 is 9.94 Å². The van der Waals surface area contributed by atoms with Crippen LogP contribution in [-0.2, 0) is 14.3 Å². The number of carbonyl (C=O) groups is 2. The molecular weight excluding hydrogens is 594 g/mol. The van der Waals surface area contributed by atoms with Gasteiger partial charge in [-0.15, -0.1) is 0 Å². The molecule has 5 heteroatoms. The second kappa shape index (κ2) is 11.2. The zero-order valence-corrected chi connectivity index (χ0v) is 30.1. The van der Waals surface area contributed by atoms with Crippen molar-refractivity contribution in [3.05, 3.63) is 83.4 Å². The van der Waals surface area contributed by atoms with E-state index in [1.807, 2.05) is 60.7 Å². The van der Waals surface area contributed by atoms with E-state index in [1.165, 1.54) is 5.57 Å². The van der Waals surface area contributed by atoms with Crippen LogP contribution in [0.2, 0.25) is 0 Å². The molecular formula is C43H55NO4. The van der Waals surface area contributed by atoms with Gasteiger partial charge in [0.2, 0.25) is 0 Å². The zero-order valence-electron chi connectivity index (χ0n) is 30.1. The topological polar surface area (TPSA) is 76.0 Å². The molecule has 5 aliphatic carbocycles. The lowest BCUT2D eigenvalue weighted by molar-refractivity contribution is -0.178. The lowest BCUT2D eigenvalue weighted by Gasteiger charge is -2.70. The Kier molecular flexibility index (Phi) is 7.74. The van der Waals surface area contributed by atoms with E-state index in [0.717, 1.165) is 68.2 Å². The Labute approximate surface area is 287 Å². The van der Waals surface area contributed by atoms with Gasteiger partial charge in [0.1, 0.15) is 0 Å². The first-order valence-electron chi connectivity index (χ1n) is 18.4. The predicted molar refractivity (Wildman–Crippen MR) is 189 cm³/mol. The lowest BCUT2D eigenvalue weighted by Crippen LogP contribution is -2.66. The molecule has 0 bridgehead atoms. The van der Waals surface area contributed by atoms with E-state index < -0.39 is 11.5 Å². The molecule has 5 aliphatic rings. The molecule has 256 valence electrons. The SMILES string of the molecule is CC1(C(=O)OC(c2ccccc2)c2ccccc2)CC[C@]2(C)CC[C@]3(C)C(=CC(=O)[C@@H]4[C@@]5(C)CC/C(=N/O)C(C)(C)[C@@H]5CC[C@]43C)[C@@H]2C1. The summed E-state index contributed by atoms with van der Waals surface area (Å²) in [5.41, 5.74) is 2.81. The van der Waals surface area contributed by atoms with Gasteiger partial charge in [-0.1, -0.05) is 113 Å². The van der Waals surface area contributed by atoms with E-state index in [-0.39, 0.29) is 56.6 Å². The molecule has 0 saturated heterocycles. The van der Waals surface area contributed by atoms with E-state index in [4.69, 9.17) is 4.74 Å². The van der Waals surface area contributed by atoms with Crippen molar-refractivity contribution in [1.29, 1.82) is 0 Å². The van der Waals surface area contributed by atoms with Crippen LogP contribution in [-0.4, -0.2) is 22.7 Å². The largest absolute Gasteiger partial charge is 0.452 e. The monoisotopic (exact) mass is 649 g/mol. The second-order valence-corrected chi connectivity index (χ2v) is 18.1. The molecule has 4 saturated carbocycles. The van der Waals surface area contributed by atoms with Crippen molar-refractivity contribution in [3.63, 3.8) is 0 Å². The van der Waals surface area contributed by atoms with E-state index >= 15 is 0 Å². The maximum atomic E-state index is 14.7. The molecule has 0 aliphatic heterocycles. The molecule has 4 fully saturated rings. The van der Waals surface area contributed by atoms with E-state index in [1.54, 1.807) is 0 Å². The minimum atomic E-state index is -0.650. The molecule has 1 N–H and O–H groups in total. The first-order chi connectivity index (χ1) is 22.6. The number of hydrogen-bond donors (Lipinski definition) is 1. The van der Waals surface area contributed by atoms with Crippen LogP contribution in [0.5, 0.6) is 0 Å². The van der Waals surface area contributed by atoms with Crippen molar-refractivity contribution < 1.29 is 19.5 Å². The summed E-state index contributed by atoms with van der Waals surface area (Å²) in [6.07, 6.45) is 9.86. The molecule has 2 aromatic rings. The maximum Gasteiger partial charge on any atom is 0.312 e. The maximum absolute atomic E-state index is 14.7. The van der Waals surface area contributed by atoms with Crippen LogP contribution in [0.4, 0.5) is 0 Å². The lowest BCUT2D eigenvalue weighted by atomic mass is 9.33. The Hall–Kier alpha value is -3.21. The number of ether oxygens (including phenoxy) is 1. The van der Waals surface area contributed by atoms with Crippen molar-refractivity contribution in [1.82, 2.24) is 0 Å². The summed E-state index contributed by atoms with van der Waals surface area (Å²) >= 11 is 0. The summed E-state index contributed by atoms with van der Waals surface area (Å²) in [5.74, 6) is 0.510. The van der Waals surface area contributed by atoms with E-state index in [0.29, 0.717) is 6.42 Å². The number of oxime groups is 1. The van der Waals surface area contributed by atoms with Crippen molar-refractivity contribution in [2.24, 2.45) is 55.4 Å². The zero-order chi connectivity index (χ0) is 34.3. The van der Waals surface area contributed by atoms with E-state index in [9.17, 15) is 14.8 Å². The van der Waals surface area contributed by atoms with Gasteiger partial charge >= 0.3 is 5.97 Å². The summed E-state index contributed by atoms with van der Waals surface area (Å²) < 4.78 is 6.52. The van der Waals surface area contributed by atoms with Crippen LogP contribution in [0.15, 0.2) is 77.5 Å². The molecule has 8 atom stereocenters. The number of carbonyl (C=O) groups excluding carboxylic acids is 2. The second-order valence-electron chi connectivity index (χ2n) is 18.1. The van der Waals surface area contributed by atoms with Gasteiger partial charge in [0.25, 0.3) is 0 Å². The van der Waals surface area contributed by atoms with Crippen molar-refractivity contribution in [2.45, 2.75) is 112 Å². The number of hydrogen-bond acceptors (Lipinski definition) is 5. The molecule has 7 rings (SSSR count). The third-order valence-corrected chi connectivity index (χ3v) is 15.4. The van der Waals surface area contributed by atoms with Crippen LogP contribution in [0.1, 0.15) is 123 Å². The predicted octanol–water partition coefficient (Wildman–Crippen LogP) is 10.1. The molecule has 48 heavy (non-hydrogen) atoms. The highest BCUT2D eigenvalue weighted by atomic mass is 16.5. The van der Waals surface area contributed by atoms with Gasteiger partial charge in [-0.25, -0.2) is 0 Å². The van der Waals surface area contributed by atoms with Gasteiger partial charge in [-0.3, -0.25) is 9.59 Å². The average molecular weight is 650 g/mol. The highest BCUT2D eigenvalue weighted by molar-refractivity contribution is 5.97. The smallest absolute Gasteiger partial charge is 0.312 e. The summed E-state index contributed by atoms with van der Waals surface area (Å²) in [7, 11) is 0. The molecule has 0 aromatic heterocycles. The van der Waals surface area contributed by atoms with Crippen molar-refractivity contribution in [2.75, 3.05) is 0 Å². The molecule has 0 heterocycles. The minimum absolute atomic E-state index is 0.0489. The first-order valence-corrected chi connectivity index (χ1v) is 18.4. The molecule has 0 radical (unpaired) electrons. The summed E-state index contributed by atoms with van der Waals surface area (Å²) in [6, 6.07) is 20.1. The molecule has 1 unspecified atom stereocenters. The fourth-order valence-electron chi connectivity index (χ4n) is 12.2. The Balaban J connectivity index is 1.23. The summed E-state index contributed by atoms with van der Waals surface area (Å²) in [4.78, 5) is 29.2. The van der Waals surface area contributed by atoms with Crippen LogP contribution < -0.4 is 0 Å². The first kappa shape index (κ1) is 33.3. The third-order valence-electron chi connectivity index (χ3n) is 15.4. The Morgan fingerprint density at radius 3 is 2.04 bits per heavy atom. The van der Waals surface area contributed by atoms with Gasteiger partial charge in [0, 0.05) is 11.3 Å². The molecule has 0 amide bonds. The number of allylic oxidation sites excluding steroid dienone is 2. The standard InChI is InChI=1S/C43H55NO4/c1-38(2)33-18-21-43(7)36(41(33,5)20-19-34(38)44-47)32(45)26-30-31-27-40(4,23-22-39(31,3)24-25-42(30,43)6)37(46)48-35(28-14-10-8-11-15-28)29-16-12-9-13-17-29/h8-17,26,31,33,35-36,47H,18-25,27H2,1-7H3/b44-34-/t31-,33-,36+,39+,40?,41-,42+,43+/m0/s1. The number of nitrogens with zero attached hydrogens (tertiary/aromatic N) is 1. The number of rotatable bonds is 4. The third kappa shape index (κ3) is 4.65. The molecule has 5 nitrogen and oxygen atoms in total. The van der Waals surface area contributed by atoms with Gasteiger partial charge in [-0.05, 0) is 115 Å². The number of fused-ring (bicyclic) bond motifs is 7. The van der Waals surface area contributed by atoms with Crippen LogP contribution >= 0.6 is 0 Å². The Morgan fingerprint density at radius 2 is 1.44 bits per heavy atom. The highest BCUT2D eigenvalue weighted by Crippen LogP contribution is 2.75. The fourth-order valence-corrected chi connectivity index (χ4v) is 12.2. The number of ketones is 1. The number of benzene rings is 2. The van der Waals surface area contributed by atoms with Crippen molar-refractivity contribution >= 4 is 17.5 Å². The van der Waals surface area contributed by atoms with Gasteiger partial charge in [0.15, 0.2) is 11.9 Å².